The lowest BCUT2D eigenvalue weighted by Gasteiger charge is -2.35. The SMILES string of the molecule is O=c1c2ccccc2ncn1CCN1CCc2sccc2[C@H]1c1cccs1. The van der Waals surface area contributed by atoms with Gasteiger partial charge in [0.15, 0.2) is 0 Å². The summed E-state index contributed by atoms with van der Waals surface area (Å²) in [6, 6.07) is 14.5. The molecule has 0 radical (unpaired) electrons. The van der Waals surface area contributed by atoms with E-state index in [1.54, 1.807) is 10.9 Å². The number of benzene rings is 1. The number of para-hydroxylation sites is 1. The first kappa shape index (κ1) is 16.9. The van der Waals surface area contributed by atoms with Crippen LogP contribution in [-0.2, 0) is 13.0 Å². The van der Waals surface area contributed by atoms with Crippen molar-refractivity contribution in [1.82, 2.24) is 14.5 Å². The molecule has 6 heteroatoms. The van der Waals surface area contributed by atoms with Crippen LogP contribution in [0.2, 0.25) is 0 Å². The third-order valence-electron chi connectivity index (χ3n) is 5.24. The van der Waals surface area contributed by atoms with Gasteiger partial charge in [-0.05, 0) is 47.0 Å². The Balaban J connectivity index is 1.44. The van der Waals surface area contributed by atoms with Gasteiger partial charge in [-0.3, -0.25) is 14.3 Å². The highest BCUT2D eigenvalue weighted by molar-refractivity contribution is 7.10. The number of hydrogen-bond donors (Lipinski definition) is 0. The van der Waals surface area contributed by atoms with E-state index in [-0.39, 0.29) is 5.56 Å². The average Bonchev–Trinajstić information content (AvgIpc) is 3.39. The summed E-state index contributed by atoms with van der Waals surface area (Å²) < 4.78 is 1.75. The Morgan fingerprint density at radius 1 is 1.04 bits per heavy atom. The van der Waals surface area contributed by atoms with Gasteiger partial charge in [-0.15, -0.1) is 22.7 Å². The molecule has 4 aromatic rings. The quantitative estimate of drug-likeness (QED) is 0.522. The van der Waals surface area contributed by atoms with Crippen LogP contribution < -0.4 is 5.56 Å². The molecule has 0 fully saturated rings. The third kappa shape index (κ3) is 3.04. The van der Waals surface area contributed by atoms with Crippen LogP contribution in [0, 0.1) is 0 Å². The van der Waals surface area contributed by atoms with Crippen LogP contribution in [-0.4, -0.2) is 27.5 Å². The molecule has 5 rings (SSSR count). The molecule has 0 N–H and O–H groups in total. The Morgan fingerprint density at radius 2 is 1.96 bits per heavy atom. The minimum Gasteiger partial charge on any atom is -0.297 e. The van der Waals surface area contributed by atoms with Crippen molar-refractivity contribution in [2.24, 2.45) is 0 Å². The second-order valence-electron chi connectivity index (χ2n) is 6.76. The smallest absolute Gasteiger partial charge is 0.261 e. The predicted molar refractivity (Wildman–Crippen MR) is 112 cm³/mol. The first-order valence-corrected chi connectivity index (χ1v) is 10.8. The van der Waals surface area contributed by atoms with Gasteiger partial charge in [-0.2, -0.15) is 0 Å². The van der Waals surface area contributed by atoms with E-state index < -0.39 is 0 Å². The monoisotopic (exact) mass is 393 g/mol. The van der Waals surface area contributed by atoms with Gasteiger partial charge in [-0.1, -0.05) is 18.2 Å². The van der Waals surface area contributed by atoms with Crippen LogP contribution in [0.3, 0.4) is 0 Å². The predicted octanol–water partition coefficient (Wildman–Crippen LogP) is 4.17. The minimum atomic E-state index is 0.0431. The maximum atomic E-state index is 12.8. The second kappa shape index (κ2) is 7.03. The summed E-state index contributed by atoms with van der Waals surface area (Å²) in [6.07, 6.45) is 2.77. The first-order valence-electron chi connectivity index (χ1n) is 9.09. The minimum absolute atomic E-state index is 0.0431. The fourth-order valence-electron chi connectivity index (χ4n) is 3.89. The number of rotatable bonds is 4. The van der Waals surface area contributed by atoms with Crippen molar-refractivity contribution in [2.45, 2.75) is 19.0 Å². The molecule has 1 aromatic carbocycles. The maximum absolute atomic E-state index is 12.8. The van der Waals surface area contributed by atoms with E-state index in [1.807, 2.05) is 46.9 Å². The summed E-state index contributed by atoms with van der Waals surface area (Å²) in [5.74, 6) is 0. The highest BCUT2D eigenvalue weighted by Gasteiger charge is 2.30. The van der Waals surface area contributed by atoms with Gasteiger partial charge < -0.3 is 0 Å². The molecule has 136 valence electrons. The van der Waals surface area contributed by atoms with Crippen LogP contribution >= 0.6 is 22.7 Å². The number of nitrogens with zero attached hydrogens (tertiary/aromatic N) is 3. The molecule has 4 nitrogen and oxygen atoms in total. The zero-order valence-corrected chi connectivity index (χ0v) is 16.4. The number of aromatic nitrogens is 2. The topological polar surface area (TPSA) is 38.1 Å². The van der Waals surface area contributed by atoms with Crippen LogP contribution in [0.4, 0.5) is 0 Å². The van der Waals surface area contributed by atoms with Crippen LogP contribution in [0.1, 0.15) is 21.4 Å². The number of fused-ring (bicyclic) bond motifs is 2. The molecule has 0 aliphatic carbocycles. The Hall–Kier alpha value is -2.28. The molecule has 1 atom stereocenters. The largest absolute Gasteiger partial charge is 0.297 e. The zero-order valence-electron chi connectivity index (χ0n) is 14.7. The molecule has 0 bridgehead atoms. The standard InChI is InChI=1S/C21H19N3OS2/c25-21-15-4-1-2-5-17(15)22-14-24(21)11-10-23-9-7-18-16(8-13-27-18)20(23)19-6-3-12-26-19/h1-6,8,12-14,20H,7,9-11H2/t20-/m0/s1. The molecule has 1 aliphatic heterocycles. The summed E-state index contributed by atoms with van der Waals surface area (Å²) in [6.45, 7) is 2.50. The Labute approximate surface area is 165 Å². The molecule has 27 heavy (non-hydrogen) atoms. The lowest BCUT2D eigenvalue weighted by molar-refractivity contribution is 0.208. The van der Waals surface area contributed by atoms with Crippen molar-refractivity contribution in [3.05, 3.63) is 85.2 Å². The summed E-state index contributed by atoms with van der Waals surface area (Å²) >= 11 is 3.67. The van der Waals surface area contributed by atoms with Crippen molar-refractivity contribution >= 4 is 33.6 Å². The van der Waals surface area contributed by atoms with E-state index >= 15 is 0 Å². The van der Waals surface area contributed by atoms with Gasteiger partial charge in [0.1, 0.15) is 0 Å². The van der Waals surface area contributed by atoms with E-state index in [1.165, 1.54) is 15.3 Å². The van der Waals surface area contributed by atoms with Gasteiger partial charge >= 0.3 is 0 Å². The maximum Gasteiger partial charge on any atom is 0.261 e. The molecule has 0 spiro atoms. The van der Waals surface area contributed by atoms with Crippen molar-refractivity contribution in [3.63, 3.8) is 0 Å². The molecule has 3 aromatic heterocycles. The van der Waals surface area contributed by atoms with E-state index in [4.69, 9.17) is 0 Å². The second-order valence-corrected chi connectivity index (χ2v) is 8.74. The van der Waals surface area contributed by atoms with Gasteiger partial charge in [0, 0.05) is 29.4 Å². The molecule has 4 heterocycles. The Bertz CT molecular complexity index is 1130. The summed E-state index contributed by atoms with van der Waals surface area (Å²) in [5, 5.41) is 5.03. The summed E-state index contributed by atoms with van der Waals surface area (Å²) in [5.41, 5.74) is 2.23. The fourth-order valence-corrected chi connectivity index (χ4v) is 5.67. The van der Waals surface area contributed by atoms with Gasteiger partial charge in [0.05, 0.1) is 23.3 Å². The van der Waals surface area contributed by atoms with Gasteiger partial charge in [0.2, 0.25) is 0 Å². The van der Waals surface area contributed by atoms with Crippen molar-refractivity contribution < 1.29 is 0 Å². The highest BCUT2D eigenvalue weighted by Crippen LogP contribution is 2.39. The fraction of sp³-hybridized carbons (Fsp3) is 0.238. The lowest BCUT2D eigenvalue weighted by Crippen LogP contribution is -2.38. The molecule has 1 aliphatic rings. The van der Waals surface area contributed by atoms with Crippen molar-refractivity contribution in [3.8, 4) is 0 Å². The third-order valence-corrected chi connectivity index (χ3v) is 7.16. The lowest BCUT2D eigenvalue weighted by atomic mass is 9.98. The number of hydrogen-bond acceptors (Lipinski definition) is 5. The van der Waals surface area contributed by atoms with Crippen molar-refractivity contribution in [1.29, 1.82) is 0 Å². The van der Waals surface area contributed by atoms with E-state index in [0.717, 1.165) is 25.0 Å². The molecule has 0 amide bonds. The molecule has 0 unspecified atom stereocenters. The van der Waals surface area contributed by atoms with E-state index in [0.29, 0.717) is 18.0 Å². The molecule has 0 saturated carbocycles. The number of thiophene rings is 2. The van der Waals surface area contributed by atoms with Crippen LogP contribution in [0.5, 0.6) is 0 Å². The Morgan fingerprint density at radius 3 is 2.85 bits per heavy atom. The van der Waals surface area contributed by atoms with E-state index in [2.05, 4.69) is 38.8 Å². The molecular weight excluding hydrogens is 374 g/mol. The Kier molecular flexibility index (Phi) is 4.39. The van der Waals surface area contributed by atoms with Crippen LogP contribution in [0.25, 0.3) is 10.9 Å². The van der Waals surface area contributed by atoms with Gasteiger partial charge in [-0.25, -0.2) is 4.98 Å². The summed E-state index contributed by atoms with van der Waals surface area (Å²) in [7, 11) is 0. The van der Waals surface area contributed by atoms with Crippen molar-refractivity contribution in [2.75, 3.05) is 13.1 Å². The zero-order chi connectivity index (χ0) is 18.2. The molecule has 0 saturated heterocycles. The highest BCUT2D eigenvalue weighted by atomic mass is 32.1. The summed E-state index contributed by atoms with van der Waals surface area (Å²) in [4.78, 5) is 22.6. The van der Waals surface area contributed by atoms with E-state index in [9.17, 15) is 4.79 Å². The van der Waals surface area contributed by atoms with Gasteiger partial charge in [0.25, 0.3) is 5.56 Å². The first-order chi connectivity index (χ1) is 13.3. The molecular formula is C21H19N3OS2. The average molecular weight is 394 g/mol. The normalized spacial score (nSPS) is 17.3. The van der Waals surface area contributed by atoms with Crippen LogP contribution in [0.15, 0.2) is 64.3 Å².